The molecule has 1 aromatic rings. The van der Waals surface area contributed by atoms with Gasteiger partial charge in [0.1, 0.15) is 0 Å². The minimum absolute atomic E-state index is 0.0363. The summed E-state index contributed by atoms with van der Waals surface area (Å²) < 4.78 is 37.2. The lowest BCUT2D eigenvalue weighted by molar-refractivity contribution is -0.127. The van der Waals surface area contributed by atoms with Crippen LogP contribution in [-0.2, 0) is 6.42 Å². The number of nitrogens with zero attached hydrogens (tertiary/aromatic N) is 4. The maximum Gasteiger partial charge on any atom is 0.393 e. The molecular formula is C20H26F3N5O. The van der Waals surface area contributed by atoms with Crippen LogP contribution in [0.2, 0.25) is 0 Å². The second kappa shape index (κ2) is 9.39. The Kier molecular flexibility index (Phi) is 6.89. The molecule has 1 saturated heterocycles. The molecule has 3 N–H and O–H groups in total. The third-order valence-electron chi connectivity index (χ3n) is 5.44. The number of rotatable bonds is 6. The fraction of sp³-hybridized carbons (Fsp3) is 0.550. The summed E-state index contributed by atoms with van der Waals surface area (Å²) in [6.07, 6.45) is 1.64. The van der Waals surface area contributed by atoms with Crippen molar-refractivity contribution in [2.24, 2.45) is 20.9 Å². The van der Waals surface area contributed by atoms with E-state index < -0.39 is 12.6 Å². The largest absolute Gasteiger partial charge is 0.410 e. The molecule has 2 aliphatic rings. The first-order valence-electron chi connectivity index (χ1n) is 9.83. The number of oxime groups is 1. The molecule has 0 aromatic heterocycles. The highest BCUT2D eigenvalue weighted by molar-refractivity contribution is 6.62. The summed E-state index contributed by atoms with van der Waals surface area (Å²) in [4.78, 5) is 11.1. The molecule has 1 saturated carbocycles. The van der Waals surface area contributed by atoms with Gasteiger partial charge in [-0.1, -0.05) is 17.3 Å². The molecule has 2 fully saturated rings. The van der Waals surface area contributed by atoms with Crippen LogP contribution in [0.5, 0.6) is 0 Å². The van der Waals surface area contributed by atoms with E-state index in [0.29, 0.717) is 11.7 Å². The van der Waals surface area contributed by atoms with Crippen LogP contribution in [0.15, 0.2) is 39.4 Å². The molecule has 6 nitrogen and oxygen atoms in total. The summed E-state index contributed by atoms with van der Waals surface area (Å²) in [6, 6.07) is 6.40. The van der Waals surface area contributed by atoms with Gasteiger partial charge < -0.3 is 15.8 Å². The van der Waals surface area contributed by atoms with Gasteiger partial charge in [0.15, 0.2) is 11.5 Å². The molecule has 29 heavy (non-hydrogen) atoms. The van der Waals surface area contributed by atoms with E-state index in [-0.39, 0.29) is 23.2 Å². The van der Waals surface area contributed by atoms with Gasteiger partial charge in [0.2, 0.25) is 0 Å². The van der Waals surface area contributed by atoms with Crippen LogP contribution in [-0.4, -0.2) is 59.2 Å². The number of halogens is 3. The summed E-state index contributed by atoms with van der Waals surface area (Å²) in [7, 11) is 0. The van der Waals surface area contributed by atoms with Gasteiger partial charge in [0, 0.05) is 6.04 Å². The minimum atomic E-state index is -4.26. The number of aliphatic imine (C=N–C) groups is 2. The summed E-state index contributed by atoms with van der Waals surface area (Å²) >= 11 is 0. The molecule has 3 rings (SSSR count). The summed E-state index contributed by atoms with van der Waals surface area (Å²) in [5.41, 5.74) is 6.43. The number of benzene rings is 1. The van der Waals surface area contributed by atoms with Gasteiger partial charge in [-0.2, -0.15) is 13.2 Å². The van der Waals surface area contributed by atoms with E-state index in [1.807, 2.05) is 0 Å². The fourth-order valence-corrected chi connectivity index (χ4v) is 3.71. The van der Waals surface area contributed by atoms with Crippen molar-refractivity contribution in [1.29, 1.82) is 0 Å². The highest BCUT2D eigenvalue weighted by Crippen LogP contribution is 2.27. The van der Waals surface area contributed by atoms with Gasteiger partial charge in [-0.05, 0) is 62.9 Å². The van der Waals surface area contributed by atoms with E-state index in [0.717, 1.165) is 25.7 Å². The van der Waals surface area contributed by atoms with E-state index >= 15 is 0 Å². The average molecular weight is 409 g/mol. The van der Waals surface area contributed by atoms with Crippen molar-refractivity contribution in [1.82, 2.24) is 4.90 Å². The van der Waals surface area contributed by atoms with Crippen LogP contribution >= 0.6 is 0 Å². The van der Waals surface area contributed by atoms with Crippen molar-refractivity contribution in [3.05, 3.63) is 29.8 Å². The van der Waals surface area contributed by atoms with E-state index in [2.05, 4.69) is 20.0 Å². The maximum absolute atomic E-state index is 12.4. The maximum atomic E-state index is 12.4. The van der Waals surface area contributed by atoms with Crippen LogP contribution < -0.4 is 5.73 Å². The first-order chi connectivity index (χ1) is 13.8. The molecule has 0 radical (unpaired) electrons. The van der Waals surface area contributed by atoms with Crippen molar-refractivity contribution in [2.45, 2.75) is 56.8 Å². The van der Waals surface area contributed by atoms with Crippen molar-refractivity contribution in [2.75, 3.05) is 13.1 Å². The Hall–Kier alpha value is -2.42. The lowest BCUT2D eigenvalue weighted by Gasteiger charge is -2.41. The fourth-order valence-electron chi connectivity index (χ4n) is 3.71. The monoisotopic (exact) mass is 409 g/mol. The van der Waals surface area contributed by atoms with Crippen LogP contribution in [0.1, 0.15) is 37.7 Å². The SMILES string of the molecule is NC(=Nc1ccc(CC(F)(F)F)cc1)C(C=NC1CCC(N2CCC2)CC1)=NO. The third kappa shape index (κ3) is 6.28. The van der Waals surface area contributed by atoms with E-state index in [4.69, 9.17) is 5.73 Å². The summed E-state index contributed by atoms with van der Waals surface area (Å²) in [5.74, 6) is -0.0471. The number of likely N-dealkylation sites (tertiary alicyclic amines) is 1. The molecule has 0 amide bonds. The predicted octanol–water partition coefficient (Wildman–Crippen LogP) is 3.70. The zero-order chi connectivity index (χ0) is 20.9. The lowest BCUT2D eigenvalue weighted by Crippen LogP contribution is -2.46. The number of hydrogen-bond acceptors (Lipinski definition) is 5. The van der Waals surface area contributed by atoms with E-state index in [1.165, 1.54) is 50.0 Å². The van der Waals surface area contributed by atoms with Crippen LogP contribution in [0.25, 0.3) is 0 Å². The van der Waals surface area contributed by atoms with Gasteiger partial charge in [-0.3, -0.25) is 4.99 Å². The quantitative estimate of drug-likeness (QED) is 0.325. The second-order valence-corrected chi connectivity index (χ2v) is 7.57. The highest BCUT2D eigenvalue weighted by atomic mass is 19.4. The Morgan fingerprint density at radius 2 is 1.79 bits per heavy atom. The summed E-state index contributed by atoms with van der Waals surface area (Å²) in [6.45, 7) is 2.40. The number of alkyl halides is 3. The number of nitrogens with two attached hydrogens (primary N) is 1. The molecule has 1 aliphatic heterocycles. The molecule has 158 valence electrons. The molecule has 0 unspecified atom stereocenters. The van der Waals surface area contributed by atoms with Crippen molar-refractivity contribution in [3.8, 4) is 0 Å². The Balaban J connectivity index is 1.55. The molecule has 1 heterocycles. The molecule has 1 aromatic carbocycles. The van der Waals surface area contributed by atoms with Crippen LogP contribution in [0.4, 0.5) is 18.9 Å². The second-order valence-electron chi connectivity index (χ2n) is 7.57. The lowest BCUT2D eigenvalue weighted by atomic mass is 9.89. The molecule has 0 atom stereocenters. The zero-order valence-electron chi connectivity index (χ0n) is 16.1. The normalized spacial score (nSPS) is 24.7. The molecule has 1 aliphatic carbocycles. The average Bonchev–Trinajstić information content (AvgIpc) is 2.62. The Morgan fingerprint density at radius 3 is 2.31 bits per heavy atom. The third-order valence-corrected chi connectivity index (χ3v) is 5.44. The Bertz CT molecular complexity index is 761. The number of amidine groups is 1. The Morgan fingerprint density at radius 1 is 1.14 bits per heavy atom. The van der Waals surface area contributed by atoms with Crippen molar-refractivity contribution >= 4 is 23.4 Å². The van der Waals surface area contributed by atoms with Gasteiger partial charge in [-0.25, -0.2) is 4.99 Å². The standard InChI is InChI=1S/C20H26F3N5O/c21-20(22,23)12-14-2-4-16(5-3-14)26-19(24)18(27-29)13-25-15-6-8-17(9-7-15)28-10-1-11-28/h2-5,13,15,17,29H,1,6-12H2,(H2,24,26). The number of hydrogen-bond donors (Lipinski definition) is 2. The molecular weight excluding hydrogens is 383 g/mol. The first kappa shape index (κ1) is 21.3. The van der Waals surface area contributed by atoms with Gasteiger partial charge in [0.25, 0.3) is 0 Å². The summed E-state index contributed by atoms with van der Waals surface area (Å²) in [5, 5.41) is 12.4. The van der Waals surface area contributed by atoms with Crippen LogP contribution in [0.3, 0.4) is 0 Å². The van der Waals surface area contributed by atoms with Gasteiger partial charge >= 0.3 is 6.18 Å². The highest BCUT2D eigenvalue weighted by Gasteiger charge is 2.28. The van der Waals surface area contributed by atoms with E-state index in [9.17, 15) is 18.4 Å². The molecule has 0 bridgehead atoms. The smallest absolute Gasteiger partial charge is 0.393 e. The minimum Gasteiger partial charge on any atom is -0.410 e. The topological polar surface area (TPSA) is 86.6 Å². The van der Waals surface area contributed by atoms with Gasteiger partial charge in [-0.15, -0.1) is 0 Å². The predicted molar refractivity (Wildman–Crippen MR) is 107 cm³/mol. The zero-order valence-corrected chi connectivity index (χ0v) is 16.1. The van der Waals surface area contributed by atoms with Gasteiger partial charge in [0.05, 0.1) is 24.4 Å². The Labute approximate surface area is 168 Å². The van der Waals surface area contributed by atoms with Crippen molar-refractivity contribution < 1.29 is 18.4 Å². The van der Waals surface area contributed by atoms with Crippen molar-refractivity contribution in [3.63, 3.8) is 0 Å². The van der Waals surface area contributed by atoms with E-state index in [1.54, 1.807) is 0 Å². The van der Waals surface area contributed by atoms with Crippen LogP contribution in [0, 0.1) is 0 Å². The molecule has 0 spiro atoms. The molecule has 9 heteroatoms. The first-order valence-corrected chi connectivity index (χ1v) is 9.83.